The number of aliphatic hydroxyl groups excluding tert-OH is 1. The molecule has 1 aliphatic carbocycles. The minimum absolute atomic E-state index is 0.0163. The molecule has 0 bridgehead atoms. The van der Waals surface area contributed by atoms with E-state index in [9.17, 15) is 9.59 Å². The average Bonchev–Trinajstić information content (AvgIpc) is 3.22. The van der Waals surface area contributed by atoms with Crippen molar-refractivity contribution in [2.45, 2.75) is 32.4 Å². The van der Waals surface area contributed by atoms with Crippen LogP contribution < -0.4 is 10.2 Å². The highest BCUT2D eigenvalue weighted by atomic mass is 16.5. The Morgan fingerprint density at radius 3 is 2.84 bits per heavy atom. The molecule has 1 N–H and O–H groups in total. The third-order valence-electron chi connectivity index (χ3n) is 3.01. The summed E-state index contributed by atoms with van der Waals surface area (Å²) in [5, 5.41) is 8.81. The van der Waals surface area contributed by atoms with Gasteiger partial charge in [0.15, 0.2) is 6.61 Å². The number of ether oxygens (including phenoxy) is 1. The summed E-state index contributed by atoms with van der Waals surface area (Å²) in [5.41, 5.74) is -0.405. The van der Waals surface area contributed by atoms with Gasteiger partial charge in [-0.2, -0.15) is 0 Å². The van der Waals surface area contributed by atoms with Crippen LogP contribution in [-0.4, -0.2) is 35.1 Å². The number of carbonyl (C=O) groups excluding carboxylic acids is 1. The Morgan fingerprint density at radius 2 is 2.32 bits per heavy atom. The highest BCUT2D eigenvalue weighted by molar-refractivity contribution is 5.78. The standard InChI is InChI=1S/C13H17NO5/c1-2-14(9-3-4-9)13(17)8-19-12-7-18-10(6-15)5-11(12)16/h5,7,9,15H,2-4,6,8H2,1H3. The molecule has 1 aromatic rings. The fraction of sp³-hybridized carbons (Fsp3) is 0.538. The minimum atomic E-state index is -0.405. The first-order chi connectivity index (χ1) is 9.15. The van der Waals surface area contributed by atoms with Gasteiger partial charge >= 0.3 is 0 Å². The van der Waals surface area contributed by atoms with Crippen molar-refractivity contribution in [1.82, 2.24) is 4.90 Å². The number of amides is 1. The monoisotopic (exact) mass is 267 g/mol. The van der Waals surface area contributed by atoms with Crippen molar-refractivity contribution in [3.63, 3.8) is 0 Å². The highest BCUT2D eigenvalue weighted by Gasteiger charge is 2.31. The van der Waals surface area contributed by atoms with Crippen LogP contribution in [0.4, 0.5) is 0 Å². The number of hydrogen-bond acceptors (Lipinski definition) is 5. The Morgan fingerprint density at radius 1 is 1.58 bits per heavy atom. The van der Waals surface area contributed by atoms with E-state index < -0.39 is 5.43 Å². The number of aliphatic hydroxyl groups is 1. The minimum Gasteiger partial charge on any atom is -0.477 e. The highest BCUT2D eigenvalue weighted by Crippen LogP contribution is 2.26. The third-order valence-corrected chi connectivity index (χ3v) is 3.01. The van der Waals surface area contributed by atoms with Gasteiger partial charge in [-0.1, -0.05) is 0 Å². The summed E-state index contributed by atoms with van der Waals surface area (Å²) in [4.78, 5) is 25.2. The summed E-state index contributed by atoms with van der Waals surface area (Å²) in [6.07, 6.45) is 3.19. The molecule has 6 heteroatoms. The number of rotatable bonds is 6. The molecule has 19 heavy (non-hydrogen) atoms. The largest absolute Gasteiger partial charge is 0.477 e. The van der Waals surface area contributed by atoms with Crippen molar-refractivity contribution >= 4 is 5.91 Å². The van der Waals surface area contributed by atoms with Crippen LogP contribution in [0.15, 0.2) is 21.5 Å². The summed E-state index contributed by atoms with van der Waals surface area (Å²) in [6, 6.07) is 1.48. The van der Waals surface area contributed by atoms with Crippen molar-refractivity contribution in [2.24, 2.45) is 0 Å². The Kier molecular flexibility index (Phi) is 4.21. The van der Waals surface area contributed by atoms with Gasteiger partial charge in [0.25, 0.3) is 5.91 Å². The smallest absolute Gasteiger partial charge is 0.260 e. The zero-order valence-corrected chi connectivity index (χ0v) is 10.8. The predicted octanol–water partition coefficient (Wildman–Crippen LogP) is 0.522. The van der Waals surface area contributed by atoms with E-state index in [2.05, 4.69) is 0 Å². The molecule has 1 heterocycles. The van der Waals surface area contributed by atoms with E-state index in [1.807, 2.05) is 6.92 Å². The van der Waals surface area contributed by atoms with Crippen molar-refractivity contribution in [1.29, 1.82) is 0 Å². The van der Waals surface area contributed by atoms with E-state index in [0.29, 0.717) is 12.6 Å². The molecule has 2 rings (SSSR count). The second-order valence-electron chi connectivity index (χ2n) is 4.43. The van der Waals surface area contributed by atoms with Crippen LogP contribution in [0.2, 0.25) is 0 Å². The van der Waals surface area contributed by atoms with E-state index in [-0.39, 0.29) is 30.6 Å². The number of hydrogen-bond donors (Lipinski definition) is 1. The lowest BCUT2D eigenvalue weighted by molar-refractivity contribution is -0.133. The zero-order valence-electron chi connectivity index (χ0n) is 10.8. The van der Waals surface area contributed by atoms with Gasteiger partial charge in [-0.3, -0.25) is 9.59 Å². The normalized spacial score (nSPS) is 14.2. The van der Waals surface area contributed by atoms with Crippen LogP contribution in [-0.2, 0) is 11.4 Å². The van der Waals surface area contributed by atoms with Gasteiger partial charge in [0.05, 0.1) is 0 Å². The van der Waals surface area contributed by atoms with Gasteiger partial charge in [-0.15, -0.1) is 0 Å². The first-order valence-corrected chi connectivity index (χ1v) is 6.30. The zero-order chi connectivity index (χ0) is 13.8. The second kappa shape index (κ2) is 5.88. The van der Waals surface area contributed by atoms with Crippen molar-refractivity contribution in [3.8, 4) is 5.75 Å². The molecule has 0 aromatic carbocycles. The van der Waals surface area contributed by atoms with Crippen molar-refractivity contribution in [2.75, 3.05) is 13.2 Å². The quantitative estimate of drug-likeness (QED) is 0.813. The van der Waals surface area contributed by atoms with Crippen LogP contribution >= 0.6 is 0 Å². The first-order valence-electron chi connectivity index (χ1n) is 6.30. The van der Waals surface area contributed by atoms with Gasteiger partial charge in [0.1, 0.15) is 18.6 Å². The Labute approximate surface area is 110 Å². The number of nitrogens with zero attached hydrogens (tertiary/aromatic N) is 1. The van der Waals surface area contributed by atoms with E-state index in [1.54, 1.807) is 4.90 Å². The molecule has 104 valence electrons. The third kappa shape index (κ3) is 3.35. The van der Waals surface area contributed by atoms with E-state index in [1.165, 1.54) is 0 Å². The molecular weight excluding hydrogens is 250 g/mol. The van der Waals surface area contributed by atoms with Gasteiger partial charge in [0.2, 0.25) is 11.2 Å². The maximum atomic E-state index is 11.9. The molecular formula is C13H17NO5. The fourth-order valence-electron chi connectivity index (χ4n) is 1.87. The van der Waals surface area contributed by atoms with Crippen LogP contribution in [0.1, 0.15) is 25.5 Å². The summed E-state index contributed by atoms with van der Waals surface area (Å²) in [7, 11) is 0. The predicted molar refractivity (Wildman–Crippen MR) is 66.8 cm³/mol. The maximum Gasteiger partial charge on any atom is 0.260 e. The Hall–Kier alpha value is -1.82. The molecule has 0 aliphatic heterocycles. The van der Waals surface area contributed by atoms with Crippen molar-refractivity contribution in [3.05, 3.63) is 28.3 Å². The lowest BCUT2D eigenvalue weighted by Gasteiger charge is -2.20. The molecule has 0 saturated heterocycles. The first kappa shape index (κ1) is 13.6. The summed E-state index contributed by atoms with van der Waals surface area (Å²) >= 11 is 0. The van der Waals surface area contributed by atoms with Gasteiger partial charge in [0, 0.05) is 18.7 Å². The van der Waals surface area contributed by atoms with Crippen LogP contribution in [0, 0.1) is 0 Å². The lowest BCUT2D eigenvalue weighted by atomic mass is 10.4. The molecule has 0 spiro atoms. The molecule has 1 aromatic heterocycles. The molecule has 0 radical (unpaired) electrons. The van der Waals surface area contributed by atoms with E-state index >= 15 is 0 Å². The van der Waals surface area contributed by atoms with Crippen LogP contribution in [0.25, 0.3) is 0 Å². The van der Waals surface area contributed by atoms with Crippen LogP contribution in [0.5, 0.6) is 5.75 Å². The molecule has 1 amide bonds. The number of likely N-dealkylation sites (N-methyl/N-ethyl adjacent to an activating group) is 1. The molecule has 1 saturated carbocycles. The summed E-state index contributed by atoms with van der Waals surface area (Å²) in [5.74, 6) is 0.0184. The fourth-order valence-corrected chi connectivity index (χ4v) is 1.87. The van der Waals surface area contributed by atoms with Crippen molar-refractivity contribution < 1.29 is 19.1 Å². The van der Waals surface area contributed by atoms with Gasteiger partial charge in [-0.25, -0.2) is 0 Å². The topological polar surface area (TPSA) is 80.0 Å². The lowest BCUT2D eigenvalue weighted by Crippen LogP contribution is -2.36. The van der Waals surface area contributed by atoms with E-state index in [4.69, 9.17) is 14.3 Å². The molecule has 1 fully saturated rings. The maximum absolute atomic E-state index is 11.9. The van der Waals surface area contributed by atoms with Crippen LogP contribution in [0.3, 0.4) is 0 Å². The second-order valence-corrected chi connectivity index (χ2v) is 4.43. The SMILES string of the molecule is CCN(C(=O)COc1coc(CO)cc1=O)C1CC1. The molecule has 0 atom stereocenters. The molecule has 6 nitrogen and oxygen atoms in total. The molecule has 0 unspecified atom stereocenters. The number of carbonyl (C=O) groups is 1. The Balaban J connectivity index is 1.94. The van der Waals surface area contributed by atoms with E-state index in [0.717, 1.165) is 25.2 Å². The Bertz CT molecular complexity index is 506. The van der Waals surface area contributed by atoms with Gasteiger partial charge < -0.3 is 19.2 Å². The summed E-state index contributed by atoms with van der Waals surface area (Å²) < 4.78 is 10.1. The average molecular weight is 267 g/mol. The molecule has 1 aliphatic rings. The van der Waals surface area contributed by atoms with Gasteiger partial charge in [-0.05, 0) is 19.8 Å². The summed E-state index contributed by atoms with van der Waals surface area (Å²) in [6.45, 7) is 2.04.